The minimum atomic E-state index is -1.37. The predicted octanol–water partition coefficient (Wildman–Crippen LogP) is 3.13. The van der Waals surface area contributed by atoms with Crippen LogP contribution in [-0.4, -0.2) is 53.0 Å². The van der Waals surface area contributed by atoms with Crippen molar-refractivity contribution in [2.45, 2.75) is 43.3 Å². The van der Waals surface area contributed by atoms with Crippen LogP contribution in [0.1, 0.15) is 34.6 Å². The fourth-order valence-electron chi connectivity index (χ4n) is 1.39. The number of hydrogen-bond donors (Lipinski definition) is 0. The number of carbonyl (C=O) groups is 3. The van der Waals surface area contributed by atoms with Crippen LogP contribution in [0, 0.1) is 5.41 Å². The summed E-state index contributed by atoms with van der Waals surface area (Å²) in [5.41, 5.74) is -1.37. The first kappa shape index (κ1) is 24.9. The summed E-state index contributed by atoms with van der Waals surface area (Å²) < 4.78 is 18.6. The molecule has 7 nitrogen and oxygen atoms in total. The average Bonchev–Trinajstić information content (AvgIpc) is 2.52. The second kappa shape index (κ2) is 10.3. The monoisotopic (exact) mass is 500 g/mol. The Morgan fingerprint density at radius 3 is 1.58 bits per heavy atom. The number of ether oxygens (including phenoxy) is 4. The molecule has 0 bridgehead atoms. The fourth-order valence-corrected chi connectivity index (χ4v) is 1.62. The lowest BCUT2D eigenvalue weighted by Crippen LogP contribution is -2.43. The second-order valence-corrected chi connectivity index (χ2v) is 10.8. The van der Waals surface area contributed by atoms with Gasteiger partial charge in [0.05, 0.1) is 6.26 Å². The molecule has 0 aliphatic carbocycles. The predicted molar refractivity (Wildman–Crippen MR) is 103 cm³/mol. The molecule has 0 N–H and O–H groups in total. The molecule has 26 heavy (non-hydrogen) atoms. The molecule has 0 aromatic heterocycles. The van der Waals surface area contributed by atoms with E-state index in [-0.39, 0.29) is 26.4 Å². The summed E-state index contributed by atoms with van der Waals surface area (Å²) >= 11 is 6.38. The maximum Gasteiger partial charge on any atom is 0.322 e. The normalized spacial score (nSPS) is 12.1. The number of halogens is 2. The van der Waals surface area contributed by atoms with Gasteiger partial charge in [0, 0.05) is 0 Å². The molecule has 9 heteroatoms. The van der Waals surface area contributed by atoms with Crippen molar-refractivity contribution in [3.8, 4) is 0 Å². The van der Waals surface area contributed by atoms with Crippen molar-refractivity contribution in [1.29, 1.82) is 0 Å². The highest BCUT2D eigenvalue weighted by Crippen LogP contribution is 2.25. The summed E-state index contributed by atoms with van der Waals surface area (Å²) in [5, 5.41) is 0. The largest absolute Gasteiger partial charge is 0.498 e. The summed E-state index contributed by atoms with van der Waals surface area (Å²) in [6, 6.07) is 0. The van der Waals surface area contributed by atoms with E-state index in [9.17, 15) is 14.4 Å². The van der Waals surface area contributed by atoms with Gasteiger partial charge in [-0.05, 0) is 34.6 Å². The maximum atomic E-state index is 12.4. The Hall–Kier alpha value is -1.09. The van der Waals surface area contributed by atoms with Crippen molar-refractivity contribution in [1.82, 2.24) is 0 Å². The molecule has 0 aliphatic heterocycles. The lowest BCUT2D eigenvalue weighted by molar-refractivity contribution is -0.171. The first-order valence-corrected chi connectivity index (χ1v) is 9.44. The molecule has 0 amide bonds. The number of rotatable bonds is 11. The first-order chi connectivity index (χ1) is 11.7. The number of carbonyl (C=O) groups excluding carboxylic acids is 3. The zero-order valence-electron chi connectivity index (χ0n) is 15.7. The van der Waals surface area contributed by atoms with E-state index in [1.165, 1.54) is 13.2 Å². The summed E-state index contributed by atoms with van der Waals surface area (Å²) in [4.78, 5) is 36.4. The van der Waals surface area contributed by atoms with E-state index in [1.807, 2.05) is 0 Å². The Bertz CT molecular complexity index is 488. The fraction of sp³-hybridized carbons (Fsp3) is 0.706. The highest BCUT2D eigenvalue weighted by Gasteiger charge is 2.41. The molecule has 0 unspecified atom stereocenters. The lowest BCUT2D eigenvalue weighted by atomic mass is 9.93. The number of alkyl halides is 2. The molecule has 0 saturated carbocycles. The van der Waals surface area contributed by atoms with E-state index < -0.39 is 32.0 Å². The summed E-state index contributed by atoms with van der Waals surface area (Å²) in [5.74, 6) is -1.79. The summed E-state index contributed by atoms with van der Waals surface area (Å²) in [7, 11) is 0. The van der Waals surface area contributed by atoms with Gasteiger partial charge in [0.1, 0.15) is 40.5 Å². The minimum absolute atomic E-state index is 0.0176. The van der Waals surface area contributed by atoms with Gasteiger partial charge in [-0.3, -0.25) is 14.4 Å². The quantitative estimate of drug-likeness (QED) is 0.141. The third-order valence-electron chi connectivity index (χ3n) is 3.06. The van der Waals surface area contributed by atoms with Crippen molar-refractivity contribution in [2.75, 3.05) is 26.4 Å². The van der Waals surface area contributed by atoms with Crippen molar-refractivity contribution in [3.05, 3.63) is 12.8 Å². The zero-order valence-corrected chi connectivity index (χ0v) is 18.9. The van der Waals surface area contributed by atoms with Gasteiger partial charge in [0.25, 0.3) is 0 Å². The topological polar surface area (TPSA) is 88.1 Å². The van der Waals surface area contributed by atoms with Crippen molar-refractivity contribution in [3.63, 3.8) is 0 Å². The molecule has 0 aromatic rings. The van der Waals surface area contributed by atoms with Gasteiger partial charge in [0.2, 0.25) is 0 Å². The van der Waals surface area contributed by atoms with Gasteiger partial charge in [-0.2, -0.15) is 0 Å². The van der Waals surface area contributed by atoms with Crippen molar-refractivity contribution in [2.24, 2.45) is 5.41 Å². The molecule has 0 saturated heterocycles. The average molecular weight is 502 g/mol. The van der Waals surface area contributed by atoms with Gasteiger partial charge in [0.15, 0.2) is 0 Å². The number of hydrogen-bond acceptors (Lipinski definition) is 7. The molecule has 0 aromatic carbocycles. The molecule has 0 heterocycles. The Kier molecular flexibility index (Phi) is 9.87. The molecular weight excluding hydrogens is 476 g/mol. The SMILES string of the molecule is C=COCCOC(=O)C(C)(COC(=O)C(C)(C)Br)COC(=O)C(C)(C)Br. The zero-order chi connectivity index (χ0) is 20.6. The molecular formula is C17H26Br2O7. The van der Waals surface area contributed by atoms with Crippen LogP contribution in [-0.2, 0) is 33.3 Å². The molecule has 0 rings (SSSR count). The van der Waals surface area contributed by atoms with Gasteiger partial charge < -0.3 is 18.9 Å². The van der Waals surface area contributed by atoms with E-state index >= 15 is 0 Å². The smallest absolute Gasteiger partial charge is 0.322 e. The van der Waals surface area contributed by atoms with Crippen LogP contribution in [0.2, 0.25) is 0 Å². The molecule has 150 valence electrons. The molecule has 0 spiro atoms. The van der Waals surface area contributed by atoms with Crippen LogP contribution in [0.5, 0.6) is 0 Å². The minimum Gasteiger partial charge on any atom is -0.498 e. The van der Waals surface area contributed by atoms with Gasteiger partial charge in [-0.25, -0.2) is 0 Å². The molecule has 0 radical (unpaired) electrons. The van der Waals surface area contributed by atoms with E-state index in [0.29, 0.717) is 0 Å². The Morgan fingerprint density at radius 2 is 1.23 bits per heavy atom. The standard InChI is InChI=1S/C17H26Br2O7/c1-7-23-8-9-24-14(22)17(6,10-25-12(20)15(2,3)18)11-26-13(21)16(4,5)19/h7H,1,8-11H2,2-6H3. The summed E-state index contributed by atoms with van der Waals surface area (Å²) in [6.07, 6.45) is 1.23. The van der Waals surface area contributed by atoms with Crippen LogP contribution in [0.25, 0.3) is 0 Å². The highest BCUT2D eigenvalue weighted by molar-refractivity contribution is 9.10. The van der Waals surface area contributed by atoms with E-state index in [2.05, 4.69) is 38.4 Å². The van der Waals surface area contributed by atoms with Crippen molar-refractivity contribution < 1.29 is 33.3 Å². The summed E-state index contributed by atoms with van der Waals surface area (Å²) in [6.45, 7) is 10.8. The molecule has 0 aliphatic rings. The lowest BCUT2D eigenvalue weighted by Gasteiger charge is -2.28. The van der Waals surface area contributed by atoms with E-state index in [1.54, 1.807) is 27.7 Å². The van der Waals surface area contributed by atoms with Crippen LogP contribution < -0.4 is 0 Å². The van der Waals surface area contributed by atoms with Crippen LogP contribution in [0.4, 0.5) is 0 Å². The third kappa shape index (κ3) is 9.02. The maximum absolute atomic E-state index is 12.4. The third-order valence-corrected chi connectivity index (χ3v) is 3.71. The van der Waals surface area contributed by atoms with Gasteiger partial charge in [-0.1, -0.05) is 38.4 Å². The van der Waals surface area contributed by atoms with Crippen LogP contribution in [0.3, 0.4) is 0 Å². The van der Waals surface area contributed by atoms with Gasteiger partial charge >= 0.3 is 17.9 Å². The Morgan fingerprint density at radius 1 is 0.808 bits per heavy atom. The number of esters is 3. The second-order valence-electron chi connectivity index (χ2n) is 6.83. The van der Waals surface area contributed by atoms with E-state index in [4.69, 9.17) is 18.9 Å². The van der Waals surface area contributed by atoms with Crippen LogP contribution in [0.15, 0.2) is 12.8 Å². The Labute approximate surface area is 171 Å². The van der Waals surface area contributed by atoms with Crippen LogP contribution >= 0.6 is 31.9 Å². The molecule has 0 atom stereocenters. The van der Waals surface area contributed by atoms with Gasteiger partial charge in [-0.15, -0.1) is 0 Å². The highest BCUT2D eigenvalue weighted by atomic mass is 79.9. The van der Waals surface area contributed by atoms with E-state index in [0.717, 1.165) is 0 Å². The molecule has 0 fully saturated rings. The Balaban J connectivity index is 5.05. The van der Waals surface area contributed by atoms with Crippen molar-refractivity contribution >= 4 is 49.8 Å². The first-order valence-electron chi connectivity index (χ1n) is 7.86.